The molecule has 0 atom stereocenters. The predicted molar refractivity (Wildman–Crippen MR) is 449 cm³/mol. The van der Waals surface area contributed by atoms with E-state index in [9.17, 15) is 0 Å². The summed E-state index contributed by atoms with van der Waals surface area (Å²) >= 11 is 0. The number of hydrogen-bond donors (Lipinski definition) is 0. The third kappa shape index (κ3) is 6.92. The smallest absolute Gasteiger partial charge is 0.252 e. The molecule has 2 aliphatic heterocycles. The molecule has 0 N–H and O–H groups in total. The Morgan fingerprint density at radius 1 is 0.202 bits per heavy atom. The van der Waals surface area contributed by atoms with Crippen molar-refractivity contribution in [2.75, 3.05) is 9.80 Å². The second kappa shape index (κ2) is 20.8. The number of para-hydroxylation sites is 2. The summed E-state index contributed by atoms with van der Waals surface area (Å²) in [4.78, 5) is 5.53. The molecule has 500 valence electrons. The van der Waals surface area contributed by atoms with Gasteiger partial charge in [0.25, 0.3) is 6.71 Å². The summed E-state index contributed by atoms with van der Waals surface area (Å²) in [5.74, 6) is 0. The maximum Gasteiger partial charge on any atom is 0.252 e. The quantitative estimate of drug-likeness (QED) is 0.163. The molecule has 1 aromatic heterocycles. The topological polar surface area (TPSA) is 11.4 Å². The SMILES string of the molecule is c1ccc(-c2ccc(N3c4cc5c(cc4B4c6c3cc(-n3c7ccccc7c7ccccc73)cc6N(c3cccc6c3C3(c7ccccc7-c7ccccc73)c3ccccc3-6)c3ccc6c(c34)C3(c4ccccc4-c4ccccc43)c3ccccc3-6)-c3ccccc3C53c4ccccc4-c4ccccc43)cc2)cc1. The first-order chi connectivity index (χ1) is 54.1. The number of nitrogens with zero attached hydrogens (tertiary/aromatic N) is 3. The van der Waals surface area contributed by atoms with Crippen LogP contribution in [0.1, 0.15) is 66.8 Å². The van der Waals surface area contributed by atoms with E-state index in [1.807, 2.05) is 0 Å². The fourth-order valence-electron chi connectivity index (χ4n) is 22.9. The standard InChI is InChI=1S/C105H62BN3/c1-2-27-63(28-3-1)64-53-55-65(56-54-64)107-96-62-90-80(75-37-12-17-43-83(75)103(90)81-41-15-4-29-67(81)68-30-5-16-42-82(68)103)61-91(96)106-101-97(107)59-66(108-92-50-24-13-38-76(92)77-39-14-25-51-93(77)108)60-98(101)109(94-52-26-40-78-73-35-10-22-48-88(73)104(99(78)94)84-44-18-6-31-69(84)70-32-7-19-45-85(70)104)95-58-57-79-74-36-11-23-49-89(74)105(100(79)102(95)106)86-46-20-8-33-71(86)72-34-9-21-47-87(72)105/h1-62H. The molecule has 6 aliphatic carbocycles. The monoisotopic (exact) mass is 1380 g/mol. The molecule has 3 nitrogen and oxygen atoms in total. The highest BCUT2D eigenvalue weighted by atomic mass is 15.2. The van der Waals surface area contributed by atoms with Crippen LogP contribution in [0.2, 0.25) is 0 Å². The van der Waals surface area contributed by atoms with E-state index in [-0.39, 0.29) is 6.71 Å². The Bertz CT molecular complexity index is 6930. The van der Waals surface area contributed by atoms with Crippen LogP contribution in [0, 0.1) is 0 Å². The van der Waals surface area contributed by atoms with E-state index >= 15 is 0 Å². The molecule has 0 saturated heterocycles. The largest absolute Gasteiger partial charge is 0.311 e. The number of anilines is 6. The van der Waals surface area contributed by atoms with Crippen LogP contribution in [-0.4, -0.2) is 11.3 Å². The van der Waals surface area contributed by atoms with E-state index in [1.54, 1.807) is 0 Å². The summed E-state index contributed by atoms with van der Waals surface area (Å²) in [6.45, 7) is -0.340. The average Bonchev–Trinajstić information content (AvgIpc) is 1.52. The zero-order valence-electron chi connectivity index (χ0n) is 59.2. The van der Waals surface area contributed by atoms with Crippen LogP contribution in [0.5, 0.6) is 0 Å². The Labute approximate surface area is 631 Å². The first-order valence-corrected chi connectivity index (χ1v) is 38.4. The van der Waals surface area contributed by atoms with E-state index in [1.165, 1.54) is 183 Å². The molecule has 0 amide bonds. The minimum Gasteiger partial charge on any atom is -0.311 e. The second-order valence-corrected chi connectivity index (χ2v) is 31.0. The fourth-order valence-corrected chi connectivity index (χ4v) is 22.9. The Kier molecular flexibility index (Phi) is 11.2. The third-order valence-electron chi connectivity index (χ3n) is 26.6. The van der Waals surface area contributed by atoms with Crippen molar-refractivity contribution in [1.82, 2.24) is 4.57 Å². The van der Waals surface area contributed by atoms with Gasteiger partial charge in [0.1, 0.15) is 0 Å². The minimum absolute atomic E-state index is 0.340. The van der Waals surface area contributed by atoms with Gasteiger partial charge in [-0.3, -0.25) is 0 Å². The van der Waals surface area contributed by atoms with Gasteiger partial charge in [0.15, 0.2) is 0 Å². The van der Waals surface area contributed by atoms with Crippen molar-refractivity contribution in [3.05, 3.63) is 443 Å². The zero-order chi connectivity index (χ0) is 70.7. The van der Waals surface area contributed by atoms with E-state index in [4.69, 9.17) is 0 Å². The van der Waals surface area contributed by atoms with Gasteiger partial charge < -0.3 is 14.4 Å². The molecular formula is C105H62BN3. The van der Waals surface area contributed by atoms with Crippen LogP contribution in [-0.2, 0) is 16.2 Å². The molecule has 4 heteroatoms. The van der Waals surface area contributed by atoms with Gasteiger partial charge in [-0.25, -0.2) is 0 Å². The first-order valence-electron chi connectivity index (χ1n) is 38.4. The Morgan fingerprint density at radius 2 is 0.578 bits per heavy atom. The average molecular weight is 1380 g/mol. The van der Waals surface area contributed by atoms with Gasteiger partial charge in [-0.05, 0) is 210 Å². The highest BCUT2D eigenvalue weighted by Gasteiger charge is 2.60. The number of benzene rings is 17. The van der Waals surface area contributed by atoms with Gasteiger partial charge >= 0.3 is 0 Å². The summed E-state index contributed by atoms with van der Waals surface area (Å²) in [6, 6.07) is 146. The highest BCUT2D eigenvalue weighted by Crippen LogP contribution is 2.69. The van der Waals surface area contributed by atoms with E-state index in [0.29, 0.717) is 0 Å². The number of aromatic nitrogens is 1. The van der Waals surface area contributed by atoms with Gasteiger partial charge in [-0.2, -0.15) is 0 Å². The van der Waals surface area contributed by atoms with Gasteiger partial charge in [-0.1, -0.05) is 322 Å². The van der Waals surface area contributed by atoms with E-state index < -0.39 is 16.2 Å². The lowest BCUT2D eigenvalue weighted by Gasteiger charge is -2.47. The molecular weight excluding hydrogens is 1310 g/mol. The number of fused-ring (bicyclic) bond motifs is 38. The molecule has 0 unspecified atom stereocenters. The molecule has 26 rings (SSSR count). The summed E-state index contributed by atoms with van der Waals surface area (Å²) in [7, 11) is 0. The Hall–Kier alpha value is -13.8. The molecule has 109 heavy (non-hydrogen) atoms. The lowest BCUT2D eigenvalue weighted by molar-refractivity contribution is 0.792. The van der Waals surface area contributed by atoms with Crippen molar-refractivity contribution in [3.63, 3.8) is 0 Å². The van der Waals surface area contributed by atoms with Crippen molar-refractivity contribution < 1.29 is 0 Å². The summed E-state index contributed by atoms with van der Waals surface area (Å²) in [6.07, 6.45) is 0. The van der Waals surface area contributed by atoms with Crippen molar-refractivity contribution >= 4 is 79.0 Å². The highest BCUT2D eigenvalue weighted by molar-refractivity contribution is 7.01. The molecule has 3 spiro atoms. The minimum atomic E-state index is -0.731. The van der Waals surface area contributed by atoms with Crippen LogP contribution in [0.4, 0.5) is 34.1 Å². The molecule has 0 bridgehead atoms. The summed E-state index contributed by atoms with van der Waals surface area (Å²) < 4.78 is 2.58. The molecule has 3 heterocycles. The molecule has 0 saturated carbocycles. The van der Waals surface area contributed by atoms with Gasteiger partial charge in [0.05, 0.1) is 38.7 Å². The molecule has 18 aromatic rings. The van der Waals surface area contributed by atoms with Crippen molar-refractivity contribution in [2.24, 2.45) is 0 Å². The Balaban J connectivity index is 0.873. The third-order valence-corrected chi connectivity index (χ3v) is 26.6. The summed E-state index contributed by atoms with van der Waals surface area (Å²) in [5, 5.41) is 2.44. The zero-order valence-corrected chi connectivity index (χ0v) is 59.2. The van der Waals surface area contributed by atoms with Gasteiger partial charge in [0.2, 0.25) is 0 Å². The molecule has 0 radical (unpaired) electrons. The first kappa shape index (κ1) is 58.5. The number of hydrogen-bond acceptors (Lipinski definition) is 2. The van der Waals surface area contributed by atoms with Crippen molar-refractivity contribution in [1.29, 1.82) is 0 Å². The lowest BCUT2D eigenvalue weighted by atomic mass is 9.31. The normalized spacial score (nSPS) is 15.0. The second-order valence-electron chi connectivity index (χ2n) is 31.0. The maximum atomic E-state index is 2.81. The molecule has 8 aliphatic rings. The van der Waals surface area contributed by atoms with Crippen molar-refractivity contribution in [2.45, 2.75) is 16.2 Å². The Morgan fingerprint density at radius 3 is 1.06 bits per heavy atom. The van der Waals surface area contributed by atoms with Gasteiger partial charge in [-0.15, -0.1) is 0 Å². The van der Waals surface area contributed by atoms with Crippen LogP contribution in [0.3, 0.4) is 0 Å². The van der Waals surface area contributed by atoms with Crippen LogP contribution in [0.25, 0.3) is 105 Å². The number of rotatable bonds is 4. The van der Waals surface area contributed by atoms with Crippen molar-refractivity contribution in [3.8, 4) is 83.6 Å². The fraction of sp³-hybridized carbons (Fsp3) is 0.0286. The lowest BCUT2D eigenvalue weighted by Crippen LogP contribution is -2.63. The molecule has 17 aromatic carbocycles. The predicted octanol–water partition coefficient (Wildman–Crippen LogP) is 23.6. The maximum absolute atomic E-state index is 2.81. The molecule has 0 fully saturated rings. The van der Waals surface area contributed by atoms with Crippen LogP contribution >= 0.6 is 0 Å². The summed E-state index contributed by atoms with van der Waals surface area (Å²) in [5.41, 5.74) is 45.6. The van der Waals surface area contributed by atoms with Gasteiger partial charge in [0, 0.05) is 44.8 Å². The van der Waals surface area contributed by atoms with Crippen LogP contribution < -0.4 is 26.2 Å². The van der Waals surface area contributed by atoms with E-state index in [0.717, 1.165) is 39.5 Å². The van der Waals surface area contributed by atoms with Crippen LogP contribution in [0.15, 0.2) is 376 Å². The van der Waals surface area contributed by atoms with E-state index in [2.05, 4.69) is 390 Å².